The molecule has 2 aliphatic heterocycles. The van der Waals surface area contributed by atoms with Crippen LogP contribution in [0.25, 0.3) is 22.6 Å². The van der Waals surface area contributed by atoms with Gasteiger partial charge in [0, 0.05) is 51.9 Å². The van der Waals surface area contributed by atoms with Crippen molar-refractivity contribution in [3.63, 3.8) is 0 Å². The van der Waals surface area contributed by atoms with Gasteiger partial charge in [-0.25, -0.2) is 9.97 Å². The second-order valence-electron chi connectivity index (χ2n) is 11.6. The Hall–Kier alpha value is -5.23. The zero-order valence-corrected chi connectivity index (χ0v) is 27.5. The van der Waals surface area contributed by atoms with E-state index in [2.05, 4.69) is 35.8 Å². The largest absolute Gasteiger partial charge is 0.483 e. The van der Waals surface area contributed by atoms with Crippen LogP contribution in [0.15, 0.2) is 36.9 Å². The number of amides is 3. The summed E-state index contributed by atoms with van der Waals surface area (Å²) in [5, 5.41) is 18.9. The first-order valence-corrected chi connectivity index (χ1v) is 15.9. The molecular formula is C31H34ClF3N10O5. The number of piperazine rings is 1. The average Bonchev–Trinajstić information content (AvgIpc) is 3.87. The highest BCUT2D eigenvalue weighted by Crippen LogP contribution is 2.40. The summed E-state index contributed by atoms with van der Waals surface area (Å²) in [6, 6.07) is 4.81. The van der Waals surface area contributed by atoms with Crippen LogP contribution in [0, 0.1) is 5.92 Å². The molecule has 0 bridgehead atoms. The normalized spacial score (nSPS) is 15.3. The number of rotatable bonds is 7. The van der Waals surface area contributed by atoms with Crippen molar-refractivity contribution in [2.45, 2.75) is 25.6 Å². The van der Waals surface area contributed by atoms with Crippen LogP contribution in [0.1, 0.15) is 45.1 Å². The Labute approximate surface area is 288 Å². The van der Waals surface area contributed by atoms with E-state index in [1.165, 1.54) is 12.5 Å². The van der Waals surface area contributed by atoms with Gasteiger partial charge in [0.2, 0.25) is 5.91 Å². The number of nitrogens with one attached hydrogen (secondary N) is 4. The van der Waals surface area contributed by atoms with E-state index >= 15 is 0 Å². The number of aromatic amines is 2. The van der Waals surface area contributed by atoms with Crippen molar-refractivity contribution in [1.82, 2.24) is 50.1 Å². The summed E-state index contributed by atoms with van der Waals surface area (Å²) < 4.78 is 43.0. The summed E-state index contributed by atoms with van der Waals surface area (Å²) in [4.78, 5) is 61.6. The number of carbonyl (C=O) groups excluding carboxylic acids is 3. The lowest BCUT2D eigenvalue weighted by Crippen LogP contribution is -2.52. The Kier molecular flexibility index (Phi) is 11.2. The number of carboxylic acid groups (broad SMARTS) is 1. The molecule has 5 heterocycles. The van der Waals surface area contributed by atoms with E-state index in [1.54, 1.807) is 34.7 Å². The number of aryl methyl sites for hydroxylation is 1. The van der Waals surface area contributed by atoms with Crippen LogP contribution in [0.5, 0.6) is 0 Å². The van der Waals surface area contributed by atoms with Crippen molar-refractivity contribution in [2.24, 2.45) is 13.0 Å². The molecule has 2 aliphatic rings. The lowest BCUT2D eigenvalue weighted by atomic mass is 9.96. The molecule has 0 saturated carbocycles. The number of aromatic nitrogens is 6. The highest BCUT2D eigenvalue weighted by Gasteiger charge is 2.40. The molecule has 4 aromatic rings. The first-order valence-electron chi connectivity index (χ1n) is 15.5. The number of halogens is 4. The molecule has 50 heavy (non-hydrogen) atoms. The van der Waals surface area contributed by atoms with Crippen molar-refractivity contribution >= 4 is 35.8 Å². The lowest BCUT2D eigenvalue weighted by molar-refractivity contribution is -0.140. The van der Waals surface area contributed by atoms with Gasteiger partial charge in [-0.2, -0.15) is 18.3 Å². The van der Waals surface area contributed by atoms with Gasteiger partial charge in [-0.05, 0) is 43.6 Å². The molecule has 0 radical (unpaired) electrons. The van der Waals surface area contributed by atoms with Crippen LogP contribution in [0.2, 0.25) is 5.02 Å². The Morgan fingerprint density at radius 1 is 1.10 bits per heavy atom. The molecule has 0 atom stereocenters. The molecule has 266 valence electrons. The molecule has 0 unspecified atom stereocenters. The highest BCUT2D eigenvalue weighted by molar-refractivity contribution is 6.33. The third-order valence-corrected chi connectivity index (χ3v) is 8.65. The number of H-pyrrole nitrogens is 2. The fraction of sp³-hybridized carbons (Fsp3) is 0.387. The molecule has 19 heteroatoms. The van der Waals surface area contributed by atoms with Gasteiger partial charge in [0.1, 0.15) is 5.69 Å². The van der Waals surface area contributed by atoms with Gasteiger partial charge in [0.15, 0.2) is 11.5 Å². The third kappa shape index (κ3) is 8.14. The van der Waals surface area contributed by atoms with Crippen LogP contribution in [0.4, 0.5) is 13.2 Å². The quantitative estimate of drug-likeness (QED) is 0.179. The Morgan fingerprint density at radius 2 is 1.78 bits per heavy atom. The van der Waals surface area contributed by atoms with E-state index in [-0.39, 0.29) is 64.2 Å². The fourth-order valence-corrected chi connectivity index (χ4v) is 6.12. The monoisotopic (exact) mass is 718 g/mol. The number of carbonyl (C=O) groups is 4. The maximum Gasteiger partial charge on any atom is 0.435 e. The molecule has 1 aromatic carbocycles. The minimum atomic E-state index is -4.78. The molecule has 3 amide bonds. The molecule has 2 saturated heterocycles. The van der Waals surface area contributed by atoms with Gasteiger partial charge in [-0.3, -0.25) is 24.3 Å². The average molecular weight is 719 g/mol. The fourth-order valence-electron chi connectivity index (χ4n) is 5.84. The smallest absolute Gasteiger partial charge is 0.435 e. The van der Waals surface area contributed by atoms with Crippen molar-refractivity contribution in [1.29, 1.82) is 0 Å². The number of piperidine rings is 1. The van der Waals surface area contributed by atoms with Crippen molar-refractivity contribution in [3.05, 3.63) is 64.6 Å². The minimum absolute atomic E-state index is 0.0131. The summed E-state index contributed by atoms with van der Waals surface area (Å²) in [5.74, 6) is -0.946. The maximum atomic E-state index is 13.8. The van der Waals surface area contributed by atoms with Crippen LogP contribution in [-0.4, -0.2) is 108 Å². The topological polar surface area (TPSA) is 194 Å². The molecule has 5 N–H and O–H groups in total. The SMILES string of the molecule is Cn1cnc(-c2[nH]nc(C(F)(F)F)c2-c2cnc(C(=O)NCc3ccc(C(=O)N4CCN(C(=O)C5CCNCC5)CC4)c(Cl)c3)[nH]2)c1.O=CO. The summed E-state index contributed by atoms with van der Waals surface area (Å²) in [6.45, 7) is 3.18. The predicted molar refractivity (Wildman–Crippen MR) is 173 cm³/mol. The second-order valence-corrected chi connectivity index (χ2v) is 12.0. The molecule has 3 aromatic heterocycles. The van der Waals surface area contributed by atoms with Crippen molar-refractivity contribution in [3.8, 4) is 22.6 Å². The van der Waals surface area contributed by atoms with Crippen molar-refractivity contribution in [2.75, 3.05) is 39.3 Å². The van der Waals surface area contributed by atoms with Gasteiger partial charge < -0.3 is 35.1 Å². The molecule has 0 aliphatic carbocycles. The van der Waals surface area contributed by atoms with Gasteiger partial charge in [-0.15, -0.1) is 0 Å². The molecule has 2 fully saturated rings. The summed E-state index contributed by atoms with van der Waals surface area (Å²) >= 11 is 6.48. The Morgan fingerprint density at radius 3 is 2.40 bits per heavy atom. The van der Waals surface area contributed by atoms with E-state index in [9.17, 15) is 27.6 Å². The molecular weight excluding hydrogens is 685 g/mol. The van der Waals surface area contributed by atoms with Crippen LogP contribution >= 0.6 is 11.6 Å². The second kappa shape index (κ2) is 15.5. The predicted octanol–water partition coefficient (Wildman–Crippen LogP) is 2.79. The standard InChI is InChI=1S/C30H32ClF3N10O3.CH2O2/c1-42-15-22(38-16-42)24-23(25(41-40-24)30(32,33)34)21-14-36-26(39-21)27(45)37-13-17-2-3-19(20(31)12-17)29(47)44-10-8-43(9-11-44)28(46)18-4-6-35-7-5-18;2-1-3/h2-3,12,14-16,18,35H,4-11,13H2,1H3,(H,36,39)(H,37,45)(H,40,41);1H,(H,2,3). The summed E-state index contributed by atoms with van der Waals surface area (Å²) in [6.07, 6.45) is 0.968. The van der Waals surface area contributed by atoms with Gasteiger partial charge in [0.05, 0.1) is 40.1 Å². The first-order chi connectivity index (χ1) is 23.9. The number of hydrogen-bond donors (Lipinski definition) is 5. The van der Waals surface area contributed by atoms with Gasteiger partial charge in [-0.1, -0.05) is 17.7 Å². The van der Waals surface area contributed by atoms with Crippen molar-refractivity contribution < 1.29 is 37.5 Å². The Balaban J connectivity index is 0.00000156. The number of alkyl halides is 3. The molecule has 15 nitrogen and oxygen atoms in total. The summed E-state index contributed by atoms with van der Waals surface area (Å²) in [5.41, 5.74) is -0.412. The van der Waals surface area contributed by atoms with E-state index in [4.69, 9.17) is 21.5 Å². The number of nitrogens with zero attached hydrogens (tertiary/aromatic N) is 6. The van der Waals surface area contributed by atoms with E-state index < -0.39 is 17.8 Å². The first kappa shape index (κ1) is 36.1. The van der Waals surface area contributed by atoms with Crippen LogP contribution < -0.4 is 10.6 Å². The molecule has 6 rings (SSSR count). The van der Waals surface area contributed by atoms with E-state index in [1.807, 2.05) is 4.90 Å². The molecule has 0 spiro atoms. The number of benzene rings is 1. The maximum absolute atomic E-state index is 13.8. The van der Waals surface area contributed by atoms with Gasteiger partial charge in [0.25, 0.3) is 18.3 Å². The third-order valence-electron chi connectivity index (χ3n) is 8.34. The minimum Gasteiger partial charge on any atom is -0.483 e. The lowest BCUT2D eigenvalue weighted by Gasteiger charge is -2.37. The van der Waals surface area contributed by atoms with Crippen LogP contribution in [-0.2, 0) is 29.4 Å². The van der Waals surface area contributed by atoms with Crippen LogP contribution in [0.3, 0.4) is 0 Å². The summed E-state index contributed by atoms with van der Waals surface area (Å²) in [7, 11) is 1.68. The zero-order valence-electron chi connectivity index (χ0n) is 26.8. The zero-order chi connectivity index (χ0) is 36.0. The van der Waals surface area contributed by atoms with E-state index in [0.29, 0.717) is 37.3 Å². The highest BCUT2D eigenvalue weighted by atomic mass is 35.5. The van der Waals surface area contributed by atoms with Gasteiger partial charge >= 0.3 is 6.18 Å². The number of hydrogen-bond acceptors (Lipinski definition) is 8. The van der Waals surface area contributed by atoms with E-state index in [0.717, 1.165) is 32.1 Å². The Bertz CT molecular complexity index is 1840. The number of imidazole rings is 2.